The Morgan fingerprint density at radius 2 is 1.85 bits per heavy atom. The molecule has 0 aliphatic carbocycles. The number of amides is 1. The van der Waals surface area contributed by atoms with Crippen LogP contribution in [0.3, 0.4) is 0 Å². The second kappa shape index (κ2) is 4.96. The highest BCUT2D eigenvalue weighted by atomic mass is 19.1. The molecular weight excluding hydrogens is 257 g/mol. The summed E-state index contributed by atoms with van der Waals surface area (Å²) in [7, 11) is 0. The highest BCUT2D eigenvalue weighted by Crippen LogP contribution is 2.34. The minimum absolute atomic E-state index is 0.160. The Balaban J connectivity index is 2.00. The van der Waals surface area contributed by atoms with E-state index in [9.17, 15) is 9.18 Å². The summed E-state index contributed by atoms with van der Waals surface area (Å²) >= 11 is 0. The van der Waals surface area contributed by atoms with Crippen molar-refractivity contribution in [2.45, 2.75) is 19.6 Å². The van der Waals surface area contributed by atoms with Crippen LogP contribution in [0.25, 0.3) is 0 Å². The number of fused-ring (bicyclic) bond motifs is 1. The molecule has 1 aliphatic rings. The van der Waals surface area contributed by atoms with E-state index in [1.165, 1.54) is 6.07 Å². The van der Waals surface area contributed by atoms with E-state index in [0.29, 0.717) is 17.0 Å². The first-order valence-electron chi connectivity index (χ1n) is 6.47. The zero-order valence-electron chi connectivity index (χ0n) is 11.0. The first-order chi connectivity index (χ1) is 9.66. The van der Waals surface area contributed by atoms with Crippen LogP contribution < -0.4 is 9.64 Å². The maximum absolute atomic E-state index is 13.8. The third-order valence-electron chi connectivity index (χ3n) is 3.36. The van der Waals surface area contributed by atoms with E-state index in [1.54, 1.807) is 36.1 Å². The van der Waals surface area contributed by atoms with Crippen LogP contribution in [0.4, 0.5) is 10.1 Å². The van der Waals surface area contributed by atoms with E-state index in [1.807, 2.05) is 18.2 Å². The van der Waals surface area contributed by atoms with E-state index < -0.39 is 6.10 Å². The van der Waals surface area contributed by atoms with Gasteiger partial charge in [-0.15, -0.1) is 0 Å². The molecule has 0 N–H and O–H groups in total. The van der Waals surface area contributed by atoms with E-state index in [2.05, 4.69) is 0 Å². The summed E-state index contributed by atoms with van der Waals surface area (Å²) in [6.45, 7) is 1.91. The van der Waals surface area contributed by atoms with Gasteiger partial charge in [-0.3, -0.25) is 4.79 Å². The minimum atomic E-state index is -0.559. The Morgan fingerprint density at radius 1 is 1.15 bits per heavy atom. The van der Waals surface area contributed by atoms with E-state index >= 15 is 0 Å². The van der Waals surface area contributed by atoms with Gasteiger partial charge in [-0.05, 0) is 25.1 Å². The number of nitrogens with zero attached hydrogens (tertiary/aromatic N) is 1. The van der Waals surface area contributed by atoms with E-state index in [4.69, 9.17) is 4.74 Å². The SMILES string of the molecule is C[C@H]1Oc2ccccc2N(Cc2ccccc2F)C1=O. The molecule has 1 aliphatic heterocycles. The molecule has 0 radical (unpaired) electrons. The fraction of sp³-hybridized carbons (Fsp3) is 0.188. The average molecular weight is 271 g/mol. The monoisotopic (exact) mass is 271 g/mol. The van der Waals surface area contributed by atoms with Crippen molar-refractivity contribution >= 4 is 11.6 Å². The standard InChI is InChI=1S/C16H14FNO2/c1-11-16(19)18(10-12-6-2-3-7-13(12)17)14-8-4-5-9-15(14)20-11/h2-9,11H,10H2,1H3/t11-/m1/s1. The van der Waals surface area contributed by atoms with Crippen LogP contribution in [0.15, 0.2) is 48.5 Å². The molecule has 0 saturated heterocycles. The number of halogens is 1. The number of rotatable bonds is 2. The molecule has 3 rings (SSSR count). The van der Waals surface area contributed by atoms with Gasteiger partial charge in [-0.25, -0.2) is 4.39 Å². The average Bonchev–Trinajstić information content (AvgIpc) is 2.46. The van der Waals surface area contributed by atoms with Gasteiger partial charge >= 0.3 is 0 Å². The van der Waals surface area contributed by atoms with Crippen LogP contribution in [-0.2, 0) is 11.3 Å². The summed E-state index contributed by atoms with van der Waals surface area (Å²) in [6, 6.07) is 13.8. The van der Waals surface area contributed by atoms with Crippen LogP contribution in [-0.4, -0.2) is 12.0 Å². The number of hydrogen-bond acceptors (Lipinski definition) is 2. The molecule has 2 aromatic carbocycles. The van der Waals surface area contributed by atoms with Crippen molar-refractivity contribution in [1.82, 2.24) is 0 Å². The maximum Gasteiger partial charge on any atom is 0.268 e. The molecule has 2 aromatic rings. The second-order valence-corrected chi connectivity index (χ2v) is 4.74. The third kappa shape index (κ3) is 2.13. The summed E-state index contributed by atoms with van der Waals surface area (Å²) in [4.78, 5) is 13.9. The number of benzene rings is 2. The fourth-order valence-corrected chi connectivity index (χ4v) is 2.32. The largest absolute Gasteiger partial charge is 0.479 e. The van der Waals surface area contributed by atoms with Crippen molar-refractivity contribution in [2.24, 2.45) is 0 Å². The lowest BCUT2D eigenvalue weighted by Crippen LogP contribution is -2.44. The maximum atomic E-state index is 13.8. The number of para-hydroxylation sites is 2. The lowest BCUT2D eigenvalue weighted by atomic mass is 10.1. The third-order valence-corrected chi connectivity index (χ3v) is 3.36. The van der Waals surface area contributed by atoms with Gasteiger partial charge < -0.3 is 9.64 Å². The highest BCUT2D eigenvalue weighted by Gasteiger charge is 2.31. The molecule has 4 heteroatoms. The van der Waals surface area contributed by atoms with Crippen molar-refractivity contribution < 1.29 is 13.9 Å². The van der Waals surface area contributed by atoms with Gasteiger partial charge in [0.1, 0.15) is 11.6 Å². The minimum Gasteiger partial charge on any atom is -0.479 e. The van der Waals surface area contributed by atoms with Gasteiger partial charge in [-0.1, -0.05) is 30.3 Å². The van der Waals surface area contributed by atoms with Crippen LogP contribution in [0.2, 0.25) is 0 Å². The summed E-state index contributed by atoms with van der Waals surface area (Å²) in [5.41, 5.74) is 1.17. The number of anilines is 1. The van der Waals surface area contributed by atoms with Crippen molar-refractivity contribution in [3.8, 4) is 5.75 Å². The zero-order chi connectivity index (χ0) is 14.1. The van der Waals surface area contributed by atoms with Crippen LogP contribution in [0.5, 0.6) is 5.75 Å². The van der Waals surface area contributed by atoms with Gasteiger partial charge in [-0.2, -0.15) is 0 Å². The fourth-order valence-electron chi connectivity index (χ4n) is 2.32. The normalized spacial score (nSPS) is 17.6. The summed E-state index contributed by atoms with van der Waals surface area (Å²) < 4.78 is 19.3. The molecule has 0 aromatic heterocycles. The lowest BCUT2D eigenvalue weighted by molar-refractivity contribution is -0.125. The van der Waals surface area contributed by atoms with Crippen molar-refractivity contribution in [3.05, 3.63) is 59.9 Å². The molecule has 0 unspecified atom stereocenters. The number of carbonyl (C=O) groups is 1. The first-order valence-corrected chi connectivity index (χ1v) is 6.47. The van der Waals surface area contributed by atoms with Crippen molar-refractivity contribution in [3.63, 3.8) is 0 Å². The Bertz CT molecular complexity index is 656. The number of carbonyl (C=O) groups excluding carboxylic acids is 1. The molecule has 102 valence electrons. The molecule has 0 saturated carbocycles. The second-order valence-electron chi connectivity index (χ2n) is 4.74. The quantitative estimate of drug-likeness (QED) is 0.839. The Kier molecular flexibility index (Phi) is 3.14. The van der Waals surface area contributed by atoms with Crippen LogP contribution in [0, 0.1) is 5.82 Å². The molecule has 3 nitrogen and oxygen atoms in total. The van der Waals surface area contributed by atoms with Gasteiger partial charge in [0.25, 0.3) is 5.91 Å². The van der Waals surface area contributed by atoms with Crippen molar-refractivity contribution in [2.75, 3.05) is 4.90 Å². The van der Waals surface area contributed by atoms with Gasteiger partial charge in [0.15, 0.2) is 6.10 Å². The van der Waals surface area contributed by atoms with Crippen LogP contribution in [0.1, 0.15) is 12.5 Å². The van der Waals surface area contributed by atoms with Crippen molar-refractivity contribution in [1.29, 1.82) is 0 Å². The highest BCUT2D eigenvalue weighted by molar-refractivity contribution is 5.99. The molecule has 1 atom stereocenters. The number of hydrogen-bond donors (Lipinski definition) is 0. The van der Waals surface area contributed by atoms with Gasteiger partial charge in [0, 0.05) is 5.56 Å². The van der Waals surface area contributed by atoms with Crippen LogP contribution >= 0.6 is 0 Å². The molecule has 1 heterocycles. The molecule has 0 fully saturated rings. The molecule has 1 amide bonds. The molecule has 0 bridgehead atoms. The molecular formula is C16H14FNO2. The molecule has 20 heavy (non-hydrogen) atoms. The predicted molar refractivity (Wildman–Crippen MR) is 74.1 cm³/mol. The summed E-state index contributed by atoms with van der Waals surface area (Å²) in [5, 5.41) is 0. The van der Waals surface area contributed by atoms with E-state index in [-0.39, 0.29) is 18.3 Å². The summed E-state index contributed by atoms with van der Waals surface area (Å²) in [6.07, 6.45) is -0.559. The predicted octanol–water partition coefficient (Wildman–Crippen LogP) is 3.14. The van der Waals surface area contributed by atoms with Gasteiger partial charge in [0.2, 0.25) is 0 Å². The Labute approximate surface area is 116 Å². The zero-order valence-corrected chi connectivity index (χ0v) is 11.0. The molecule has 0 spiro atoms. The van der Waals surface area contributed by atoms with E-state index in [0.717, 1.165) is 0 Å². The smallest absolute Gasteiger partial charge is 0.268 e. The summed E-state index contributed by atoms with van der Waals surface area (Å²) in [5.74, 6) is 0.180. The lowest BCUT2D eigenvalue weighted by Gasteiger charge is -2.33. The topological polar surface area (TPSA) is 29.5 Å². The van der Waals surface area contributed by atoms with Gasteiger partial charge in [0.05, 0.1) is 12.2 Å². The Morgan fingerprint density at radius 3 is 2.65 bits per heavy atom. The first kappa shape index (κ1) is 12.7. The number of ether oxygens (including phenoxy) is 1. The Hall–Kier alpha value is -2.36.